The monoisotopic (exact) mass is 393 g/mol. The van der Waals surface area contributed by atoms with Crippen LogP contribution in [0.15, 0.2) is 24.7 Å². The van der Waals surface area contributed by atoms with Gasteiger partial charge in [0.15, 0.2) is 0 Å². The molecule has 1 saturated heterocycles. The Kier molecular flexibility index (Phi) is 4.93. The van der Waals surface area contributed by atoms with Gasteiger partial charge in [-0.1, -0.05) is 0 Å². The summed E-state index contributed by atoms with van der Waals surface area (Å²) >= 11 is 1.47. The van der Waals surface area contributed by atoms with Crippen molar-refractivity contribution >= 4 is 17.2 Å². The van der Waals surface area contributed by atoms with Gasteiger partial charge in [-0.3, -0.25) is 9.78 Å². The lowest BCUT2D eigenvalue weighted by molar-refractivity contribution is 0.0737. The van der Waals surface area contributed by atoms with E-state index in [0.29, 0.717) is 0 Å². The van der Waals surface area contributed by atoms with Gasteiger partial charge in [0.05, 0.1) is 22.4 Å². The number of carbonyl (C=O) groups is 1. The summed E-state index contributed by atoms with van der Waals surface area (Å²) in [6, 6.07) is 1.93. The number of hydrogen-bond donors (Lipinski definition) is 0. The third-order valence-electron chi connectivity index (χ3n) is 5.18. The van der Waals surface area contributed by atoms with Gasteiger partial charge in [0.2, 0.25) is 0 Å². The Bertz CT molecular complexity index is 1050. The van der Waals surface area contributed by atoms with Crippen molar-refractivity contribution in [1.82, 2.24) is 24.8 Å². The number of aromatic nitrogens is 4. The van der Waals surface area contributed by atoms with Crippen molar-refractivity contribution in [3.63, 3.8) is 0 Å². The van der Waals surface area contributed by atoms with E-state index in [-0.39, 0.29) is 11.9 Å². The summed E-state index contributed by atoms with van der Waals surface area (Å²) in [5.41, 5.74) is 4.84. The summed E-state index contributed by atoms with van der Waals surface area (Å²) in [5.74, 6) is 0.772. The van der Waals surface area contributed by atoms with Crippen LogP contribution < -0.4 is 0 Å². The number of rotatable bonds is 3. The molecule has 1 fully saturated rings. The van der Waals surface area contributed by atoms with Crippen molar-refractivity contribution in [2.45, 2.75) is 46.6 Å². The van der Waals surface area contributed by atoms with Gasteiger partial charge in [-0.2, -0.15) is 0 Å². The van der Waals surface area contributed by atoms with Crippen molar-refractivity contribution < 1.29 is 4.79 Å². The van der Waals surface area contributed by atoms with Gasteiger partial charge in [-0.15, -0.1) is 11.3 Å². The van der Waals surface area contributed by atoms with Crippen molar-refractivity contribution in [1.29, 1.82) is 0 Å². The number of thiazole rings is 1. The highest BCUT2D eigenvalue weighted by Gasteiger charge is 2.35. The number of aryl methyl sites for hydroxylation is 4. The van der Waals surface area contributed by atoms with Crippen molar-refractivity contribution in [2.75, 3.05) is 6.54 Å². The molecule has 4 heterocycles. The fraction of sp³-hybridized carbons (Fsp3) is 0.381. The fourth-order valence-corrected chi connectivity index (χ4v) is 4.75. The number of pyridine rings is 1. The molecular formula is C21H23N5OS. The predicted octanol–water partition coefficient (Wildman–Crippen LogP) is 4.21. The van der Waals surface area contributed by atoms with E-state index in [1.165, 1.54) is 11.3 Å². The molecule has 0 N–H and O–H groups in total. The minimum atomic E-state index is -0.0569. The number of nitrogens with zero attached hydrogens (tertiary/aromatic N) is 5. The van der Waals surface area contributed by atoms with Gasteiger partial charge in [0, 0.05) is 30.7 Å². The topological polar surface area (TPSA) is 71.9 Å². The largest absolute Gasteiger partial charge is 0.329 e. The summed E-state index contributed by atoms with van der Waals surface area (Å²) in [5, 5.41) is 0.919. The maximum atomic E-state index is 13.3. The first-order valence-corrected chi connectivity index (χ1v) is 10.3. The lowest BCUT2D eigenvalue weighted by Gasteiger charge is -2.26. The molecule has 3 aromatic heterocycles. The first kappa shape index (κ1) is 18.7. The van der Waals surface area contributed by atoms with Crippen LogP contribution in [0.25, 0.3) is 11.1 Å². The summed E-state index contributed by atoms with van der Waals surface area (Å²) < 4.78 is 0. The van der Waals surface area contributed by atoms with Gasteiger partial charge in [0.1, 0.15) is 10.7 Å². The second-order valence-electron chi connectivity index (χ2n) is 7.21. The van der Waals surface area contributed by atoms with Crippen molar-refractivity contribution in [3.8, 4) is 11.1 Å². The summed E-state index contributed by atoms with van der Waals surface area (Å²) in [6.45, 7) is 8.51. The second kappa shape index (κ2) is 7.39. The van der Waals surface area contributed by atoms with Crippen LogP contribution in [0.5, 0.6) is 0 Å². The average Bonchev–Trinajstić information content (AvgIpc) is 3.28. The maximum absolute atomic E-state index is 13.3. The SMILES string of the molecule is Cc1ncc(-c2ccncc2C)c(C2CCCN2C(=O)c2sc(C)nc2C)n1. The normalized spacial score (nSPS) is 16.6. The van der Waals surface area contributed by atoms with Gasteiger partial charge >= 0.3 is 0 Å². The van der Waals surface area contributed by atoms with E-state index in [0.717, 1.165) is 63.2 Å². The van der Waals surface area contributed by atoms with E-state index in [9.17, 15) is 4.79 Å². The molecular weight excluding hydrogens is 370 g/mol. The van der Waals surface area contributed by atoms with Crippen LogP contribution in [0, 0.1) is 27.7 Å². The highest BCUT2D eigenvalue weighted by molar-refractivity contribution is 7.13. The molecule has 3 aromatic rings. The molecule has 0 aliphatic carbocycles. The van der Waals surface area contributed by atoms with Gasteiger partial charge < -0.3 is 4.90 Å². The van der Waals surface area contributed by atoms with Gasteiger partial charge in [-0.25, -0.2) is 15.0 Å². The minimum Gasteiger partial charge on any atom is -0.329 e. The molecule has 1 aliphatic rings. The summed E-state index contributed by atoms with van der Waals surface area (Å²) in [7, 11) is 0. The highest BCUT2D eigenvalue weighted by atomic mass is 32.1. The summed E-state index contributed by atoms with van der Waals surface area (Å²) in [4.78, 5) is 33.9. The standard InChI is InChI=1S/C21H23N5OS/c1-12-10-22-8-7-16(12)17-11-23-14(3)25-19(17)18-6-5-9-26(18)21(27)20-13(2)24-15(4)28-20/h7-8,10-11,18H,5-6,9H2,1-4H3. The highest BCUT2D eigenvalue weighted by Crippen LogP contribution is 2.38. The van der Waals surface area contributed by atoms with E-state index in [2.05, 4.69) is 15.0 Å². The zero-order chi connectivity index (χ0) is 19.8. The Morgan fingerprint density at radius 1 is 1.14 bits per heavy atom. The first-order valence-electron chi connectivity index (χ1n) is 9.45. The Morgan fingerprint density at radius 2 is 1.96 bits per heavy atom. The quantitative estimate of drug-likeness (QED) is 0.667. The Hall–Kier alpha value is -2.67. The van der Waals surface area contributed by atoms with Crippen molar-refractivity contribution in [3.05, 3.63) is 57.3 Å². The molecule has 0 aromatic carbocycles. The molecule has 0 spiro atoms. The molecule has 4 rings (SSSR count). The Labute approximate surface area is 168 Å². The Balaban J connectivity index is 1.78. The van der Waals surface area contributed by atoms with Crippen LogP contribution in [-0.4, -0.2) is 37.3 Å². The lowest BCUT2D eigenvalue weighted by Crippen LogP contribution is -2.31. The van der Waals surface area contributed by atoms with Gasteiger partial charge in [0.25, 0.3) is 5.91 Å². The fourth-order valence-electron chi connectivity index (χ4n) is 3.88. The van der Waals surface area contributed by atoms with Crippen LogP contribution in [0.3, 0.4) is 0 Å². The number of hydrogen-bond acceptors (Lipinski definition) is 6. The molecule has 144 valence electrons. The predicted molar refractivity (Wildman–Crippen MR) is 109 cm³/mol. The van der Waals surface area contributed by atoms with Crippen LogP contribution in [0.4, 0.5) is 0 Å². The zero-order valence-corrected chi connectivity index (χ0v) is 17.4. The molecule has 1 amide bonds. The molecule has 1 atom stereocenters. The number of likely N-dealkylation sites (tertiary alicyclic amines) is 1. The number of carbonyl (C=O) groups excluding carboxylic acids is 1. The molecule has 6 nitrogen and oxygen atoms in total. The third-order valence-corrected chi connectivity index (χ3v) is 6.24. The summed E-state index contributed by atoms with van der Waals surface area (Å²) in [6.07, 6.45) is 7.37. The molecule has 1 unspecified atom stereocenters. The average molecular weight is 394 g/mol. The van der Waals surface area contributed by atoms with Crippen molar-refractivity contribution in [2.24, 2.45) is 0 Å². The molecule has 0 saturated carbocycles. The smallest absolute Gasteiger partial charge is 0.266 e. The first-order chi connectivity index (χ1) is 13.5. The van der Waals surface area contributed by atoms with E-state index in [1.807, 2.05) is 51.1 Å². The molecule has 1 aliphatic heterocycles. The van der Waals surface area contributed by atoms with Crippen LogP contribution >= 0.6 is 11.3 Å². The third kappa shape index (κ3) is 3.30. The van der Waals surface area contributed by atoms with E-state index in [4.69, 9.17) is 4.98 Å². The molecule has 7 heteroatoms. The molecule has 0 bridgehead atoms. The second-order valence-corrected chi connectivity index (χ2v) is 8.41. The van der Waals surface area contributed by atoms with Gasteiger partial charge in [-0.05, 0) is 57.7 Å². The molecule has 0 radical (unpaired) electrons. The van der Waals surface area contributed by atoms with E-state index in [1.54, 1.807) is 6.20 Å². The van der Waals surface area contributed by atoms with Crippen LogP contribution in [0.2, 0.25) is 0 Å². The lowest BCUT2D eigenvalue weighted by atomic mass is 9.97. The van der Waals surface area contributed by atoms with E-state index < -0.39 is 0 Å². The minimum absolute atomic E-state index is 0.0549. The van der Waals surface area contributed by atoms with Crippen LogP contribution in [-0.2, 0) is 0 Å². The maximum Gasteiger partial charge on any atom is 0.266 e. The molecule has 28 heavy (non-hydrogen) atoms. The number of amides is 1. The zero-order valence-electron chi connectivity index (χ0n) is 16.6. The van der Waals surface area contributed by atoms with Crippen LogP contribution in [0.1, 0.15) is 56.3 Å². The Morgan fingerprint density at radius 3 is 2.68 bits per heavy atom. The van der Waals surface area contributed by atoms with E-state index >= 15 is 0 Å².